The fourth-order valence-electron chi connectivity index (χ4n) is 1.50. The first-order chi connectivity index (χ1) is 8.19. The molecule has 2 rings (SSSR count). The Balaban J connectivity index is 2.02. The standard InChI is InChI=1S/C12H14N2O3/c1-2-11(16)13-6-5-12-14-9-4-3-8(15)7-10(9)17-12/h3-4,7,15H,2,5-6H2,1H3,(H,13,16). The van der Waals surface area contributed by atoms with Crippen LogP contribution in [0.3, 0.4) is 0 Å². The van der Waals surface area contributed by atoms with E-state index in [0.29, 0.717) is 36.4 Å². The van der Waals surface area contributed by atoms with Crippen LogP contribution in [0.2, 0.25) is 0 Å². The van der Waals surface area contributed by atoms with Gasteiger partial charge in [0.1, 0.15) is 11.3 Å². The molecule has 0 saturated carbocycles. The molecule has 0 unspecified atom stereocenters. The fraction of sp³-hybridized carbons (Fsp3) is 0.333. The van der Waals surface area contributed by atoms with Crippen molar-refractivity contribution in [1.82, 2.24) is 10.3 Å². The minimum absolute atomic E-state index is 0.0127. The summed E-state index contributed by atoms with van der Waals surface area (Å²) in [5, 5.41) is 12.0. The number of amides is 1. The van der Waals surface area contributed by atoms with Crippen LogP contribution in [0.4, 0.5) is 0 Å². The molecular formula is C12H14N2O3. The van der Waals surface area contributed by atoms with Crippen molar-refractivity contribution in [3.8, 4) is 5.75 Å². The van der Waals surface area contributed by atoms with Crippen LogP contribution in [-0.4, -0.2) is 22.5 Å². The van der Waals surface area contributed by atoms with Crippen molar-refractivity contribution >= 4 is 17.0 Å². The lowest BCUT2D eigenvalue weighted by molar-refractivity contribution is -0.120. The van der Waals surface area contributed by atoms with Crippen LogP contribution in [-0.2, 0) is 11.2 Å². The Morgan fingerprint density at radius 1 is 1.53 bits per heavy atom. The number of rotatable bonds is 4. The van der Waals surface area contributed by atoms with Crippen molar-refractivity contribution in [1.29, 1.82) is 0 Å². The third-order valence-electron chi connectivity index (χ3n) is 2.40. The van der Waals surface area contributed by atoms with Crippen molar-refractivity contribution < 1.29 is 14.3 Å². The van der Waals surface area contributed by atoms with E-state index in [1.807, 2.05) is 0 Å². The number of hydrogen-bond donors (Lipinski definition) is 2. The highest BCUT2D eigenvalue weighted by molar-refractivity contribution is 5.75. The van der Waals surface area contributed by atoms with E-state index in [1.54, 1.807) is 19.1 Å². The zero-order valence-electron chi connectivity index (χ0n) is 9.56. The van der Waals surface area contributed by atoms with E-state index in [2.05, 4.69) is 10.3 Å². The van der Waals surface area contributed by atoms with Crippen molar-refractivity contribution in [3.05, 3.63) is 24.1 Å². The lowest BCUT2D eigenvalue weighted by Gasteiger charge is -1.99. The number of carbonyl (C=O) groups is 1. The summed E-state index contributed by atoms with van der Waals surface area (Å²) in [6.45, 7) is 2.31. The first-order valence-corrected chi connectivity index (χ1v) is 5.54. The van der Waals surface area contributed by atoms with Crippen LogP contribution >= 0.6 is 0 Å². The lowest BCUT2D eigenvalue weighted by Crippen LogP contribution is -2.24. The Morgan fingerprint density at radius 3 is 3.12 bits per heavy atom. The molecule has 0 radical (unpaired) electrons. The summed E-state index contributed by atoms with van der Waals surface area (Å²) in [6, 6.07) is 4.78. The SMILES string of the molecule is CCC(=O)NCCc1nc2ccc(O)cc2o1. The maximum Gasteiger partial charge on any atom is 0.219 e. The van der Waals surface area contributed by atoms with Crippen molar-refractivity contribution in [2.75, 3.05) is 6.54 Å². The second kappa shape index (κ2) is 4.86. The maximum absolute atomic E-state index is 11.0. The molecule has 0 aliphatic rings. The van der Waals surface area contributed by atoms with Gasteiger partial charge in [-0.3, -0.25) is 4.79 Å². The molecule has 0 bridgehead atoms. The number of phenolic OH excluding ortho intramolecular Hbond substituents is 1. The predicted molar refractivity (Wildman–Crippen MR) is 62.7 cm³/mol. The van der Waals surface area contributed by atoms with Gasteiger partial charge in [-0.2, -0.15) is 0 Å². The number of oxazole rings is 1. The number of benzene rings is 1. The van der Waals surface area contributed by atoms with Gasteiger partial charge in [-0.25, -0.2) is 4.98 Å². The monoisotopic (exact) mass is 234 g/mol. The van der Waals surface area contributed by atoms with Crippen LogP contribution in [0.1, 0.15) is 19.2 Å². The zero-order valence-corrected chi connectivity index (χ0v) is 9.56. The van der Waals surface area contributed by atoms with Crippen LogP contribution < -0.4 is 5.32 Å². The van der Waals surface area contributed by atoms with E-state index < -0.39 is 0 Å². The molecule has 1 aromatic heterocycles. The number of nitrogens with zero attached hydrogens (tertiary/aromatic N) is 1. The fourth-order valence-corrected chi connectivity index (χ4v) is 1.50. The lowest BCUT2D eigenvalue weighted by atomic mass is 10.3. The molecule has 17 heavy (non-hydrogen) atoms. The van der Waals surface area contributed by atoms with Gasteiger partial charge < -0.3 is 14.8 Å². The molecule has 0 saturated heterocycles. The average Bonchev–Trinajstić information content (AvgIpc) is 2.70. The summed E-state index contributed by atoms with van der Waals surface area (Å²) in [7, 11) is 0. The summed E-state index contributed by atoms with van der Waals surface area (Å²) in [5.41, 5.74) is 1.27. The molecule has 2 N–H and O–H groups in total. The molecule has 0 spiro atoms. The van der Waals surface area contributed by atoms with Gasteiger partial charge in [0.15, 0.2) is 11.5 Å². The molecule has 0 aliphatic carbocycles. The van der Waals surface area contributed by atoms with E-state index in [4.69, 9.17) is 4.42 Å². The van der Waals surface area contributed by atoms with E-state index in [1.165, 1.54) is 6.07 Å². The Labute approximate surface area is 98.5 Å². The minimum atomic E-state index is 0.0127. The number of nitrogens with one attached hydrogen (secondary N) is 1. The van der Waals surface area contributed by atoms with Gasteiger partial charge in [0.25, 0.3) is 0 Å². The summed E-state index contributed by atoms with van der Waals surface area (Å²) in [6.07, 6.45) is 1.02. The van der Waals surface area contributed by atoms with Gasteiger partial charge in [0.2, 0.25) is 5.91 Å². The summed E-state index contributed by atoms with van der Waals surface area (Å²) < 4.78 is 5.44. The van der Waals surface area contributed by atoms with E-state index in [9.17, 15) is 9.90 Å². The van der Waals surface area contributed by atoms with Crippen molar-refractivity contribution in [3.63, 3.8) is 0 Å². The molecule has 90 valence electrons. The highest BCUT2D eigenvalue weighted by atomic mass is 16.3. The van der Waals surface area contributed by atoms with E-state index in [0.717, 1.165) is 0 Å². The summed E-state index contributed by atoms with van der Waals surface area (Å²) in [4.78, 5) is 15.3. The quantitative estimate of drug-likeness (QED) is 0.842. The van der Waals surface area contributed by atoms with Crippen molar-refractivity contribution in [2.45, 2.75) is 19.8 Å². The zero-order chi connectivity index (χ0) is 12.3. The molecule has 1 aromatic carbocycles. The van der Waals surface area contributed by atoms with Gasteiger partial charge in [-0.05, 0) is 12.1 Å². The Hall–Kier alpha value is -2.04. The number of fused-ring (bicyclic) bond motifs is 1. The Bertz CT molecular complexity index is 534. The smallest absolute Gasteiger partial charge is 0.219 e. The average molecular weight is 234 g/mol. The molecular weight excluding hydrogens is 220 g/mol. The largest absolute Gasteiger partial charge is 0.508 e. The number of aromatic hydroxyl groups is 1. The molecule has 2 aromatic rings. The van der Waals surface area contributed by atoms with Gasteiger partial charge in [-0.15, -0.1) is 0 Å². The highest BCUT2D eigenvalue weighted by Gasteiger charge is 2.06. The number of hydrogen-bond acceptors (Lipinski definition) is 4. The third kappa shape index (κ3) is 2.75. The van der Waals surface area contributed by atoms with Gasteiger partial charge in [0, 0.05) is 25.5 Å². The maximum atomic E-state index is 11.0. The first-order valence-electron chi connectivity index (χ1n) is 5.54. The topological polar surface area (TPSA) is 75.4 Å². The van der Waals surface area contributed by atoms with E-state index >= 15 is 0 Å². The predicted octanol–water partition coefficient (Wildman–Crippen LogP) is 1.60. The van der Waals surface area contributed by atoms with Crippen LogP contribution in [0.5, 0.6) is 5.75 Å². The molecule has 0 aliphatic heterocycles. The van der Waals surface area contributed by atoms with Crippen LogP contribution in [0.15, 0.2) is 22.6 Å². The molecule has 1 amide bonds. The summed E-state index contributed by atoms with van der Waals surface area (Å²) >= 11 is 0. The Morgan fingerprint density at radius 2 is 2.35 bits per heavy atom. The second-order valence-electron chi connectivity index (χ2n) is 3.71. The van der Waals surface area contributed by atoms with E-state index in [-0.39, 0.29) is 11.7 Å². The molecule has 0 atom stereocenters. The Kier molecular flexibility index (Phi) is 3.27. The number of aromatic nitrogens is 1. The number of phenols is 1. The second-order valence-corrected chi connectivity index (χ2v) is 3.71. The molecule has 1 heterocycles. The molecule has 5 nitrogen and oxygen atoms in total. The van der Waals surface area contributed by atoms with Gasteiger partial charge >= 0.3 is 0 Å². The van der Waals surface area contributed by atoms with Crippen LogP contribution in [0.25, 0.3) is 11.1 Å². The number of carbonyl (C=O) groups excluding carboxylic acids is 1. The molecule has 0 fully saturated rings. The minimum Gasteiger partial charge on any atom is -0.508 e. The van der Waals surface area contributed by atoms with Crippen LogP contribution in [0, 0.1) is 0 Å². The van der Waals surface area contributed by atoms with Gasteiger partial charge in [-0.1, -0.05) is 6.92 Å². The third-order valence-corrected chi connectivity index (χ3v) is 2.40. The molecule has 5 heteroatoms. The first kappa shape index (κ1) is 11.4. The van der Waals surface area contributed by atoms with Crippen molar-refractivity contribution in [2.24, 2.45) is 0 Å². The highest BCUT2D eigenvalue weighted by Crippen LogP contribution is 2.20. The normalized spacial score (nSPS) is 10.6. The summed E-state index contributed by atoms with van der Waals surface area (Å²) in [5.74, 6) is 0.722. The van der Waals surface area contributed by atoms with Gasteiger partial charge in [0.05, 0.1) is 0 Å².